The van der Waals surface area contributed by atoms with Gasteiger partial charge >= 0.3 is 5.97 Å². The number of unbranched alkanes of at least 4 members (excludes halogenated alkanes) is 1. The molecule has 0 aromatic rings. The molecule has 0 bridgehead atoms. The third-order valence-electron chi connectivity index (χ3n) is 4.55. The van der Waals surface area contributed by atoms with Crippen molar-refractivity contribution >= 4 is 18.0 Å². The Balaban J connectivity index is 4.82. The lowest BCUT2D eigenvalue weighted by Crippen LogP contribution is -2.45. The second-order valence-corrected chi connectivity index (χ2v) is 6.74. The van der Waals surface area contributed by atoms with Crippen molar-refractivity contribution in [3.8, 4) is 0 Å². The first-order valence-corrected chi connectivity index (χ1v) is 8.00. The summed E-state index contributed by atoms with van der Waals surface area (Å²) in [6.45, 7) is 6.57. The molecule has 2 N–H and O–H groups in total. The molecule has 0 aromatic heterocycles. The molecule has 134 valence electrons. The van der Waals surface area contributed by atoms with Crippen LogP contribution in [-0.4, -0.2) is 47.6 Å². The van der Waals surface area contributed by atoms with Crippen molar-refractivity contribution in [3.63, 3.8) is 0 Å². The van der Waals surface area contributed by atoms with Gasteiger partial charge in [-0.1, -0.05) is 27.7 Å². The lowest BCUT2D eigenvalue weighted by molar-refractivity contribution is -0.149. The van der Waals surface area contributed by atoms with E-state index in [1.54, 1.807) is 20.8 Å². The van der Waals surface area contributed by atoms with E-state index in [4.69, 9.17) is 0 Å². The zero-order valence-corrected chi connectivity index (χ0v) is 14.7. The van der Waals surface area contributed by atoms with Gasteiger partial charge in [-0.05, 0) is 18.8 Å². The van der Waals surface area contributed by atoms with E-state index in [9.17, 15) is 24.6 Å². The van der Waals surface area contributed by atoms with Crippen LogP contribution in [0.15, 0.2) is 0 Å². The fourth-order valence-corrected chi connectivity index (χ4v) is 2.59. The van der Waals surface area contributed by atoms with Crippen molar-refractivity contribution in [2.75, 3.05) is 7.11 Å². The molecule has 0 aliphatic carbocycles. The number of hydrogen-bond donors (Lipinski definition) is 2. The molecule has 23 heavy (non-hydrogen) atoms. The summed E-state index contributed by atoms with van der Waals surface area (Å²) >= 11 is 0. The van der Waals surface area contributed by atoms with Crippen molar-refractivity contribution in [2.45, 2.75) is 65.6 Å². The number of aliphatic hydroxyl groups is 2. The molecule has 0 heterocycles. The number of carbonyl (C=O) groups is 3. The third kappa shape index (κ3) is 6.39. The van der Waals surface area contributed by atoms with Gasteiger partial charge in [-0.25, -0.2) is 0 Å². The van der Waals surface area contributed by atoms with Crippen LogP contribution in [0.25, 0.3) is 0 Å². The smallest absolute Gasteiger partial charge is 0.308 e. The van der Waals surface area contributed by atoms with Crippen molar-refractivity contribution in [2.24, 2.45) is 17.3 Å². The SMILES string of the molecule is COC(=O)C[C@H](O)C(C)(C)C(=O)[C@H](C)[C@@H](O)[C@@H](C)CCCC=O. The summed E-state index contributed by atoms with van der Waals surface area (Å²) in [5.41, 5.74) is -1.17. The number of ether oxygens (including phenoxy) is 1. The van der Waals surface area contributed by atoms with E-state index in [0.29, 0.717) is 19.3 Å². The molecule has 0 saturated heterocycles. The Morgan fingerprint density at radius 2 is 1.78 bits per heavy atom. The Morgan fingerprint density at radius 1 is 1.22 bits per heavy atom. The summed E-state index contributed by atoms with van der Waals surface area (Å²) in [5, 5.41) is 20.5. The molecule has 0 aliphatic rings. The van der Waals surface area contributed by atoms with Crippen LogP contribution < -0.4 is 0 Å². The minimum Gasteiger partial charge on any atom is -0.469 e. The van der Waals surface area contributed by atoms with Gasteiger partial charge in [-0.2, -0.15) is 0 Å². The maximum atomic E-state index is 12.6. The van der Waals surface area contributed by atoms with E-state index in [-0.39, 0.29) is 18.1 Å². The predicted molar refractivity (Wildman–Crippen MR) is 85.7 cm³/mol. The van der Waals surface area contributed by atoms with Crippen molar-refractivity contribution in [1.82, 2.24) is 0 Å². The van der Waals surface area contributed by atoms with Crippen LogP contribution >= 0.6 is 0 Å². The highest BCUT2D eigenvalue weighted by Crippen LogP contribution is 2.31. The highest BCUT2D eigenvalue weighted by atomic mass is 16.5. The van der Waals surface area contributed by atoms with Gasteiger partial charge in [0.1, 0.15) is 12.1 Å². The van der Waals surface area contributed by atoms with Crippen LogP contribution in [0, 0.1) is 17.3 Å². The fraction of sp³-hybridized carbons (Fsp3) is 0.824. The molecular formula is C17H30O6. The van der Waals surface area contributed by atoms with Gasteiger partial charge in [0, 0.05) is 12.3 Å². The minimum atomic E-state index is -1.18. The fourth-order valence-electron chi connectivity index (χ4n) is 2.59. The molecule has 6 heteroatoms. The normalized spacial score (nSPS) is 17.0. The summed E-state index contributed by atoms with van der Waals surface area (Å²) in [5.74, 6) is -1.71. The number of aliphatic hydroxyl groups excluding tert-OH is 2. The van der Waals surface area contributed by atoms with Gasteiger partial charge in [0.15, 0.2) is 0 Å². The van der Waals surface area contributed by atoms with Gasteiger partial charge in [-0.15, -0.1) is 0 Å². The van der Waals surface area contributed by atoms with Gasteiger partial charge in [0.2, 0.25) is 0 Å². The van der Waals surface area contributed by atoms with Gasteiger partial charge in [-0.3, -0.25) is 9.59 Å². The standard InChI is InChI=1S/C17H30O6/c1-11(8-6-7-9-18)15(21)12(2)16(22)17(3,4)13(19)10-14(20)23-5/h9,11-13,15,19,21H,6-8,10H2,1-5H3/t11-,12+,13-,15-/m0/s1. The molecule has 0 radical (unpaired) electrons. The van der Waals surface area contributed by atoms with E-state index in [0.717, 1.165) is 6.29 Å². The maximum absolute atomic E-state index is 12.6. The number of esters is 1. The van der Waals surface area contributed by atoms with Crippen LogP contribution in [0.4, 0.5) is 0 Å². The number of hydrogen-bond acceptors (Lipinski definition) is 6. The first kappa shape index (κ1) is 21.7. The zero-order valence-electron chi connectivity index (χ0n) is 14.7. The average molecular weight is 330 g/mol. The summed E-state index contributed by atoms with van der Waals surface area (Å²) in [6, 6.07) is 0. The molecule has 0 rings (SSSR count). The predicted octanol–water partition coefficient (Wildman–Crippen LogP) is 1.51. The molecule has 0 unspecified atom stereocenters. The lowest BCUT2D eigenvalue weighted by atomic mass is 9.73. The number of carbonyl (C=O) groups excluding carboxylic acids is 3. The van der Waals surface area contributed by atoms with Gasteiger partial charge < -0.3 is 19.7 Å². The van der Waals surface area contributed by atoms with E-state index < -0.39 is 29.5 Å². The number of Topliss-reactive ketones (excluding diaryl/α,β-unsaturated/α-hetero) is 1. The highest BCUT2D eigenvalue weighted by Gasteiger charge is 2.41. The average Bonchev–Trinajstić information content (AvgIpc) is 2.52. The Bertz CT molecular complexity index is 404. The second-order valence-electron chi connectivity index (χ2n) is 6.74. The van der Waals surface area contributed by atoms with E-state index in [2.05, 4.69) is 4.74 Å². The zero-order chi connectivity index (χ0) is 18.2. The quantitative estimate of drug-likeness (QED) is 0.338. The second kappa shape index (κ2) is 9.78. The Labute approximate surface area is 138 Å². The Morgan fingerprint density at radius 3 is 2.26 bits per heavy atom. The van der Waals surface area contributed by atoms with Crippen LogP contribution in [0.3, 0.4) is 0 Å². The van der Waals surface area contributed by atoms with Gasteiger partial charge in [0.05, 0.1) is 31.2 Å². The van der Waals surface area contributed by atoms with Crippen LogP contribution in [0.1, 0.15) is 53.4 Å². The molecule has 4 atom stereocenters. The number of methoxy groups -OCH3 is 1. The van der Waals surface area contributed by atoms with Crippen molar-refractivity contribution in [3.05, 3.63) is 0 Å². The molecule has 0 fully saturated rings. The molecule has 0 spiro atoms. The van der Waals surface area contributed by atoms with E-state index >= 15 is 0 Å². The first-order valence-electron chi connectivity index (χ1n) is 8.00. The Hall–Kier alpha value is -1.27. The number of aldehydes is 1. The molecule has 0 aliphatic heterocycles. The van der Waals surface area contributed by atoms with Crippen LogP contribution in [0.2, 0.25) is 0 Å². The first-order chi connectivity index (χ1) is 10.6. The monoisotopic (exact) mass is 330 g/mol. The molecular weight excluding hydrogens is 300 g/mol. The topological polar surface area (TPSA) is 101 Å². The molecule has 0 saturated carbocycles. The Kier molecular flexibility index (Phi) is 9.24. The number of rotatable bonds is 11. The molecule has 0 amide bonds. The molecule has 0 aromatic carbocycles. The summed E-state index contributed by atoms with van der Waals surface area (Å²) in [4.78, 5) is 34.2. The molecule has 6 nitrogen and oxygen atoms in total. The van der Waals surface area contributed by atoms with E-state index in [1.165, 1.54) is 7.11 Å². The van der Waals surface area contributed by atoms with Crippen LogP contribution in [-0.2, 0) is 19.1 Å². The largest absolute Gasteiger partial charge is 0.469 e. The van der Waals surface area contributed by atoms with Crippen LogP contribution in [0.5, 0.6) is 0 Å². The summed E-state index contributed by atoms with van der Waals surface area (Å²) in [6.07, 6.45) is 0.260. The lowest BCUT2D eigenvalue weighted by Gasteiger charge is -2.34. The third-order valence-corrected chi connectivity index (χ3v) is 4.55. The van der Waals surface area contributed by atoms with Gasteiger partial charge in [0.25, 0.3) is 0 Å². The maximum Gasteiger partial charge on any atom is 0.308 e. The van der Waals surface area contributed by atoms with Crippen molar-refractivity contribution < 1.29 is 29.3 Å². The van der Waals surface area contributed by atoms with E-state index in [1.807, 2.05) is 6.92 Å². The summed E-state index contributed by atoms with van der Waals surface area (Å²) < 4.78 is 4.51. The number of ketones is 1. The summed E-state index contributed by atoms with van der Waals surface area (Å²) in [7, 11) is 1.22. The minimum absolute atomic E-state index is 0.137. The highest BCUT2D eigenvalue weighted by molar-refractivity contribution is 5.87. The van der Waals surface area contributed by atoms with Crippen molar-refractivity contribution in [1.29, 1.82) is 0 Å².